The van der Waals surface area contributed by atoms with Gasteiger partial charge < -0.3 is 4.42 Å². The molecule has 0 unspecified atom stereocenters. The van der Waals surface area contributed by atoms with Gasteiger partial charge in [-0.2, -0.15) is 5.26 Å². The summed E-state index contributed by atoms with van der Waals surface area (Å²) < 4.78 is 7.07. The van der Waals surface area contributed by atoms with E-state index >= 15 is 0 Å². The summed E-state index contributed by atoms with van der Waals surface area (Å²) in [5, 5.41) is 21.9. The van der Waals surface area contributed by atoms with Gasteiger partial charge in [0.2, 0.25) is 5.16 Å². The summed E-state index contributed by atoms with van der Waals surface area (Å²) in [6.45, 7) is 0.506. The molecule has 27 heavy (non-hydrogen) atoms. The topological polar surface area (TPSA) is 80.5 Å². The SMILES string of the molecule is N#Cc1ccccc1-c1ccc(CSc2nnnn2Cc2ccco2)cc1. The molecule has 7 heteroatoms. The van der Waals surface area contributed by atoms with Crippen LogP contribution in [0.15, 0.2) is 76.5 Å². The Morgan fingerprint density at radius 2 is 1.89 bits per heavy atom. The predicted molar refractivity (Wildman–Crippen MR) is 102 cm³/mol. The third-order valence-electron chi connectivity index (χ3n) is 4.07. The Morgan fingerprint density at radius 1 is 1.04 bits per heavy atom. The Bertz CT molecular complexity index is 1060. The van der Waals surface area contributed by atoms with E-state index in [-0.39, 0.29) is 0 Å². The molecule has 132 valence electrons. The first-order chi connectivity index (χ1) is 13.3. The fourth-order valence-corrected chi connectivity index (χ4v) is 3.54. The highest BCUT2D eigenvalue weighted by Crippen LogP contribution is 2.26. The highest BCUT2D eigenvalue weighted by molar-refractivity contribution is 7.98. The van der Waals surface area contributed by atoms with E-state index in [1.54, 1.807) is 22.7 Å². The lowest BCUT2D eigenvalue weighted by molar-refractivity contribution is 0.462. The fraction of sp³-hybridized carbons (Fsp3) is 0.100. The van der Waals surface area contributed by atoms with Crippen molar-refractivity contribution in [2.24, 2.45) is 0 Å². The molecular formula is C20H15N5OS. The van der Waals surface area contributed by atoms with E-state index in [0.29, 0.717) is 12.1 Å². The molecule has 0 fully saturated rings. The minimum Gasteiger partial charge on any atom is -0.467 e. The zero-order valence-electron chi connectivity index (χ0n) is 14.3. The number of nitrogens with zero attached hydrogens (tertiary/aromatic N) is 5. The molecule has 4 rings (SSSR count). The second-order valence-electron chi connectivity index (χ2n) is 5.84. The molecule has 0 amide bonds. The van der Waals surface area contributed by atoms with Crippen molar-refractivity contribution in [1.82, 2.24) is 20.2 Å². The second-order valence-corrected chi connectivity index (χ2v) is 6.78. The molecule has 0 atom stereocenters. The van der Waals surface area contributed by atoms with Gasteiger partial charge in [-0.3, -0.25) is 0 Å². The maximum atomic E-state index is 9.26. The van der Waals surface area contributed by atoms with Crippen LogP contribution in [0.2, 0.25) is 0 Å². The van der Waals surface area contributed by atoms with E-state index in [1.165, 1.54) is 0 Å². The van der Waals surface area contributed by atoms with Crippen LogP contribution in [-0.4, -0.2) is 20.2 Å². The maximum absolute atomic E-state index is 9.26. The number of aromatic nitrogens is 4. The van der Waals surface area contributed by atoms with Crippen LogP contribution in [0.5, 0.6) is 0 Å². The quantitative estimate of drug-likeness (QED) is 0.472. The molecule has 0 aliphatic heterocycles. The summed E-state index contributed by atoms with van der Waals surface area (Å²) in [6, 6.07) is 21.8. The van der Waals surface area contributed by atoms with Gasteiger partial charge in [0.15, 0.2) is 0 Å². The molecule has 0 aliphatic rings. The van der Waals surface area contributed by atoms with Crippen LogP contribution in [0.1, 0.15) is 16.9 Å². The van der Waals surface area contributed by atoms with Crippen LogP contribution in [0.4, 0.5) is 0 Å². The van der Waals surface area contributed by atoms with Crippen molar-refractivity contribution >= 4 is 11.8 Å². The van der Waals surface area contributed by atoms with Gasteiger partial charge in [-0.15, -0.1) is 5.10 Å². The van der Waals surface area contributed by atoms with Gasteiger partial charge in [0, 0.05) is 5.75 Å². The van der Waals surface area contributed by atoms with Gasteiger partial charge >= 0.3 is 0 Å². The Balaban J connectivity index is 1.44. The van der Waals surface area contributed by atoms with Gasteiger partial charge in [-0.05, 0) is 45.3 Å². The Labute approximate surface area is 160 Å². The van der Waals surface area contributed by atoms with Crippen LogP contribution in [0, 0.1) is 11.3 Å². The minimum atomic E-state index is 0.506. The summed E-state index contributed by atoms with van der Waals surface area (Å²) in [4.78, 5) is 0. The van der Waals surface area contributed by atoms with Gasteiger partial charge in [-0.1, -0.05) is 54.2 Å². The molecule has 2 heterocycles. The average molecular weight is 373 g/mol. The molecule has 0 spiro atoms. The molecule has 6 nitrogen and oxygen atoms in total. The molecule has 2 aromatic carbocycles. The van der Waals surface area contributed by atoms with E-state index in [9.17, 15) is 5.26 Å². The van der Waals surface area contributed by atoms with Crippen LogP contribution in [0.25, 0.3) is 11.1 Å². The number of rotatable bonds is 6. The van der Waals surface area contributed by atoms with Crippen molar-refractivity contribution in [3.05, 3.63) is 83.8 Å². The number of thioether (sulfide) groups is 1. The second kappa shape index (κ2) is 7.89. The van der Waals surface area contributed by atoms with Crippen molar-refractivity contribution < 1.29 is 4.42 Å². The Morgan fingerprint density at radius 3 is 2.67 bits per heavy atom. The van der Waals surface area contributed by atoms with Gasteiger partial charge in [0.25, 0.3) is 0 Å². The van der Waals surface area contributed by atoms with Gasteiger partial charge in [0.05, 0.1) is 17.9 Å². The first kappa shape index (κ1) is 17.1. The fourth-order valence-electron chi connectivity index (χ4n) is 2.71. The molecule has 4 aromatic rings. The predicted octanol–water partition coefficient (Wildman–Crippen LogP) is 4.15. The third-order valence-corrected chi connectivity index (χ3v) is 5.09. The average Bonchev–Trinajstić information content (AvgIpc) is 3.39. The number of hydrogen-bond acceptors (Lipinski definition) is 6. The highest BCUT2D eigenvalue weighted by atomic mass is 32.2. The van der Waals surface area contributed by atoms with E-state index in [1.807, 2.05) is 48.5 Å². The smallest absolute Gasteiger partial charge is 0.210 e. The molecule has 0 saturated carbocycles. The first-order valence-electron chi connectivity index (χ1n) is 8.33. The largest absolute Gasteiger partial charge is 0.467 e. The van der Waals surface area contributed by atoms with E-state index < -0.39 is 0 Å². The van der Waals surface area contributed by atoms with Crippen LogP contribution in [-0.2, 0) is 12.3 Å². The van der Waals surface area contributed by atoms with Gasteiger partial charge in [-0.25, -0.2) is 4.68 Å². The Hall–Kier alpha value is -3.37. The molecule has 0 radical (unpaired) electrons. The van der Waals surface area contributed by atoms with Gasteiger partial charge in [0.1, 0.15) is 12.3 Å². The van der Waals surface area contributed by atoms with Crippen molar-refractivity contribution in [2.45, 2.75) is 17.5 Å². The molecule has 0 aliphatic carbocycles. The summed E-state index contributed by atoms with van der Waals surface area (Å²) in [7, 11) is 0. The highest BCUT2D eigenvalue weighted by Gasteiger charge is 2.10. The van der Waals surface area contributed by atoms with Crippen molar-refractivity contribution in [3.63, 3.8) is 0 Å². The molecule has 0 N–H and O–H groups in total. The number of benzene rings is 2. The molecule has 0 bridgehead atoms. The normalized spacial score (nSPS) is 10.6. The lowest BCUT2D eigenvalue weighted by Gasteiger charge is -2.06. The maximum Gasteiger partial charge on any atom is 0.210 e. The number of furan rings is 1. The van der Waals surface area contributed by atoms with Crippen molar-refractivity contribution in [1.29, 1.82) is 5.26 Å². The third kappa shape index (κ3) is 3.91. The molecule has 0 saturated heterocycles. The van der Waals surface area contributed by atoms with E-state index in [2.05, 4.69) is 33.7 Å². The summed E-state index contributed by atoms with van der Waals surface area (Å²) in [5.41, 5.74) is 3.81. The molecular weight excluding hydrogens is 358 g/mol. The van der Waals surface area contributed by atoms with Crippen molar-refractivity contribution in [2.75, 3.05) is 0 Å². The van der Waals surface area contributed by atoms with E-state index in [4.69, 9.17) is 4.42 Å². The summed E-state index contributed by atoms with van der Waals surface area (Å²) in [6.07, 6.45) is 1.64. The first-order valence-corrected chi connectivity index (χ1v) is 9.32. The van der Waals surface area contributed by atoms with Crippen LogP contribution < -0.4 is 0 Å². The van der Waals surface area contributed by atoms with Crippen molar-refractivity contribution in [3.8, 4) is 17.2 Å². The summed E-state index contributed by atoms with van der Waals surface area (Å²) >= 11 is 1.57. The number of nitriles is 1. The number of hydrogen-bond donors (Lipinski definition) is 0. The lowest BCUT2D eigenvalue weighted by atomic mass is 10.00. The van der Waals surface area contributed by atoms with Crippen LogP contribution in [0.3, 0.4) is 0 Å². The molecule has 2 aromatic heterocycles. The zero-order valence-corrected chi connectivity index (χ0v) is 15.1. The van der Waals surface area contributed by atoms with Crippen LogP contribution >= 0.6 is 11.8 Å². The van der Waals surface area contributed by atoms with E-state index in [0.717, 1.165) is 33.4 Å². The Kier molecular flexibility index (Phi) is 4.99. The standard InChI is InChI=1S/C20H15N5OS/c21-12-17-4-1-2-6-19(17)16-9-7-15(8-10-16)14-27-20-22-23-24-25(20)13-18-5-3-11-26-18/h1-11H,13-14H2. The zero-order chi connectivity index (χ0) is 18.5. The lowest BCUT2D eigenvalue weighted by Crippen LogP contribution is -2.03. The monoisotopic (exact) mass is 373 g/mol. The minimum absolute atomic E-state index is 0.506. The number of tetrazole rings is 1. The summed E-state index contributed by atoms with van der Waals surface area (Å²) in [5.74, 6) is 1.56.